The lowest BCUT2D eigenvalue weighted by molar-refractivity contribution is 0.0533. The van der Waals surface area contributed by atoms with Crippen molar-refractivity contribution in [1.82, 2.24) is 0 Å². The summed E-state index contributed by atoms with van der Waals surface area (Å²) in [6.45, 7) is 4.04. The first-order valence-electron chi connectivity index (χ1n) is 5.24. The largest absolute Gasteiger partial charge is 0.463 e. The molecule has 0 bridgehead atoms. The van der Waals surface area contributed by atoms with E-state index in [2.05, 4.69) is 0 Å². The van der Waals surface area contributed by atoms with Crippen molar-refractivity contribution in [3.63, 3.8) is 0 Å². The smallest absolute Gasteiger partial charge is 0.350 e. The minimum Gasteiger partial charge on any atom is -0.463 e. The Morgan fingerprint density at radius 1 is 1.59 bits per heavy atom. The fraction of sp³-hybridized carbons (Fsp3) is 0.250. The monoisotopic (exact) mass is 251 g/mol. The molecule has 0 aliphatic heterocycles. The molecule has 0 radical (unpaired) electrons. The molecule has 5 heteroatoms. The van der Waals surface area contributed by atoms with E-state index in [1.807, 2.05) is 13.0 Å². The third kappa shape index (κ3) is 2.19. The normalized spacial score (nSPS) is 10.5. The fourth-order valence-electron chi connectivity index (χ4n) is 1.50. The molecule has 0 aromatic carbocycles. The van der Waals surface area contributed by atoms with Crippen LogP contribution in [0.4, 0.5) is 5.69 Å². The second kappa shape index (κ2) is 4.63. The number of rotatable bonds is 3. The molecule has 2 heterocycles. The van der Waals surface area contributed by atoms with Crippen molar-refractivity contribution >= 4 is 23.0 Å². The van der Waals surface area contributed by atoms with Crippen LogP contribution in [0.5, 0.6) is 0 Å². The maximum atomic E-state index is 11.6. The molecule has 90 valence electrons. The van der Waals surface area contributed by atoms with Gasteiger partial charge in [0.2, 0.25) is 0 Å². The zero-order valence-corrected chi connectivity index (χ0v) is 10.5. The van der Waals surface area contributed by atoms with Crippen LogP contribution >= 0.6 is 11.3 Å². The van der Waals surface area contributed by atoms with Crippen molar-refractivity contribution in [3.05, 3.63) is 28.8 Å². The van der Waals surface area contributed by atoms with Crippen molar-refractivity contribution in [3.8, 4) is 10.6 Å². The minimum absolute atomic E-state index is 0.339. The predicted octanol–water partition coefficient (Wildman–Crippen LogP) is 3.08. The molecule has 2 rings (SSSR count). The first-order valence-corrected chi connectivity index (χ1v) is 6.06. The van der Waals surface area contributed by atoms with E-state index >= 15 is 0 Å². The molecule has 0 aliphatic carbocycles. The first-order chi connectivity index (χ1) is 8.13. The number of hydrogen-bond acceptors (Lipinski definition) is 5. The molecule has 0 aliphatic rings. The van der Waals surface area contributed by atoms with Gasteiger partial charge in [0, 0.05) is 0 Å². The van der Waals surface area contributed by atoms with Gasteiger partial charge < -0.3 is 14.9 Å². The van der Waals surface area contributed by atoms with Gasteiger partial charge in [0.15, 0.2) is 0 Å². The zero-order valence-electron chi connectivity index (χ0n) is 9.65. The summed E-state index contributed by atoms with van der Waals surface area (Å²) in [4.78, 5) is 12.9. The standard InChI is InChI=1S/C12H13NO3S/c1-3-15-12(14)11-8(13)6-9(17-11)10-7(2)4-5-16-10/h4-6H,3,13H2,1-2H3. The molecule has 2 aromatic heterocycles. The number of nitrogen functional groups attached to an aromatic ring is 1. The molecule has 17 heavy (non-hydrogen) atoms. The molecule has 0 fully saturated rings. The zero-order chi connectivity index (χ0) is 12.4. The number of hydrogen-bond donors (Lipinski definition) is 1. The van der Waals surface area contributed by atoms with Crippen LogP contribution < -0.4 is 5.73 Å². The van der Waals surface area contributed by atoms with E-state index in [-0.39, 0.29) is 5.97 Å². The predicted molar refractivity (Wildman–Crippen MR) is 67.1 cm³/mol. The van der Waals surface area contributed by atoms with Crippen LogP contribution in [0, 0.1) is 6.92 Å². The highest BCUT2D eigenvalue weighted by Gasteiger charge is 2.18. The van der Waals surface area contributed by atoms with E-state index in [0.717, 1.165) is 16.2 Å². The average molecular weight is 251 g/mol. The van der Waals surface area contributed by atoms with Gasteiger partial charge in [-0.2, -0.15) is 0 Å². The van der Waals surface area contributed by atoms with Gasteiger partial charge in [-0.25, -0.2) is 4.79 Å². The Kier molecular flexibility index (Phi) is 3.19. The maximum Gasteiger partial charge on any atom is 0.350 e. The van der Waals surface area contributed by atoms with E-state index in [9.17, 15) is 4.79 Å². The summed E-state index contributed by atoms with van der Waals surface area (Å²) in [6.07, 6.45) is 1.62. The number of esters is 1. The Balaban J connectivity index is 2.37. The van der Waals surface area contributed by atoms with Gasteiger partial charge in [-0.15, -0.1) is 11.3 Å². The van der Waals surface area contributed by atoms with E-state index in [4.69, 9.17) is 14.9 Å². The Hall–Kier alpha value is -1.75. The van der Waals surface area contributed by atoms with Gasteiger partial charge in [0.1, 0.15) is 10.6 Å². The lowest BCUT2D eigenvalue weighted by Gasteiger charge is -1.98. The average Bonchev–Trinajstić information content (AvgIpc) is 2.84. The Labute approximate surface area is 103 Å². The lowest BCUT2D eigenvalue weighted by atomic mass is 10.2. The number of anilines is 1. The molecule has 0 amide bonds. The molecule has 2 N–H and O–H groups in total. The topological polar surface area (TPSA) is 65.5 Å². The van der Waals surface area contributed by atoms with E-state index in [1.54, 1.807) is 19.3 Å². The van der Waals surface area contributed by atoms with Crippen LogP contribution in [-0.4, -0.2) is 12.6 Å². The molecule has 2 aromatic rings. The van der Waals surface area contributed by atoms with Crippen LogP contribution in [0.3, 0.4) is 0 Å². The molecule has 0 atom stereocenters. The van der Waals surface area contributed by atoms with Crippen molar-refractivity contribution in [2.45, 2.75) is 13.8 Å². The summed E-state index contributed by atoms with van der Waals surface area (Å²) >= 11 is 1.29. The van der Waals surface area contributed by atoms with E-state index < -0.39 is 0 Å². The Morgan fingerprint density at radius 3 is 2.94 bits per heavy atom. The quantitative estimate of drug-likeness (QED) is 0.851. The van der Waals surface area contributed by atoms with Gasteiger partial charge in [-0.05, 0) is 31.5 Å². The molecule has 0 saturated heterocycles. The highest BCUT2D eigenvalue weighted by Crippen LogP contribution is 2.35. The minimum atomic E-state index is -0.384. The fourth-order valence-corrected chi connectivity index (χ4v) is 2.52. The number of carbonyl (C=O) groups is 1. The SMILES string of the molecule is CCOC(=O)c1sc(-c2occc2C)cc1N. The third-order valence-corrected chi connectivity index (χ3v) is 3.44. The summed E-state index contributed by atoms with van der Waals surface area (Å²) in [5.41, 5.74) is 7.24. The molecule has 0 saturated carbocycles. The van der Waals surface area contributed by atoms with Crippen LogP contribution in [0.2, 0.25) is 0 Å². The van der Waals surface area contributed by atoms with E-state index in [1.165, 1.54) is 11.3 Å². The van der Waals surface area contributed by atoms with Crippen LogP contribution in [-0.2, 0) is 4.74 Å². The lowest BCUT2D eigenvalue weighted by Crippen LogP contribution is -2.04. The van der Waals surface area contributed by atoms with E-state index in [0.29, 0.717) is 17.2 Å². The first kappa shape index (κ1) is 11.7. The van der Waals surface area contributed by atoms with Gasteiger partial charge in [0.25, 0.3) is 0 Å². The molecular weight excluding hydrogens is 238 g/mol. The van der Waals surface area contributed by atoms with Crippen molar-refractivity contribution in [2.24, 2.45) is 0 Å². The molecule has 4 nitrogen and oxygen atoms in total. The number of furan rings is 1. The number of aryl methyl sites for hydroxylation is 1. The highest BCUT2D eigenvalue weighted by atomic mass is 32.1. The van der Waals surface area contributed by atoms with Crippen molar-refractivity contribution in [2.75, 3.05) is 12.3 Å². The number of carbonyl (C=O) groups excluding carboxylic acids is 1. The maximum absolute atomic E-state index is 11.6. The Bertz CT molecular complexity index is 542. The molecular formula is C12H13NO3S. The Morgan fingerprint density at radius 2 is 2.35 bits per heavy atom. The van der Waals surface area contributed by atoms with Gasteiger partial charge in [0.05, 0.1) is 23.4 Å². The van der Waals surface area contributed by atoms with Crippen molar-refractivity contribution < 1.29 is 13.9 Å². The summed E-state index contributed by atoms with van der Waals surface area (Å²) < 4.78 is 10.3. The van der Waals surface area contributed by atoms with Crippen LogP contribution in [0.15, 0.2) is 22.8 Å². The summed E-state index contributed by atoms with van der Waals surface area (Å²) in [5, 5.41) is 0. The highest BCUT2D eigenvalue weighted by molar-refractivity contribution is 7.17. The second-order valence-electron chi connectivity index (χ2n) is 3.55. The van der Waals surface area contributed by atoms with Gasteiger partial charge in [-0.3, -0.25) is 0 Å². The summed E-state index contributed by atoms with van der Waals surface area (Å²) in [5.74, 6) is 0.364. The van der Waals surface area contributed by atoms with Gasteiger partial charge in [-0.1, -0.05) is 0 Å². The van der Waals surface area contributed by atoms with Crippen LogP contribution in [0.25, 0.3) is 10.6 Å². The summed E-state index contributed by atoms with van der Waals surface area (Å²) in [7, 11) is 0. The summed E-state index contributed by atoms with van der Waals surface area (Å²) in [6, 6.07) is 3.61. The number of ether oxygens (including phenoxy) is 1. The number of nitrogens with two attached hydrogens (primary N) is 1. The molecule has 0 spiro atoms. The third-order valence-electron chi connectivity index (χ3n) is 2.31. The van der Waals surface area contributed by atoms with Crippen molar-refractivity contribution in [1.29, 1.82) is 0 Å². The van der Waals surface area contributed by atoms with Crippen LogP contribution in [0.1, 0.15) is 22.2 Å². The second-order valence-corrected chi connectivity index (χ2v) is 4.60. The number of thiophene rings is 1. The molecule has 0 unspecified atom stereocenters. The van der Waals surface area contributed by atoms with Gasteiger partial charge >= 0.3 is 5.97 Å².